The van der Waals surface area contributed by atoms with Gasteiger partial charge >= 0.3 is 0 Å². The van der Waals surface area contributed by atoms with Gasteiger partial charge in [0.2, 0.25) is 5.95 Å². The lowest BCUT2D eigenvalue weighted by Gasteiger charge is -2.27. The highest BCUT2D eigenvalue weighted by atomic mass is 16.5. The number of nitrogens with zero attached hydrogens (tertiary/aromatic N) is 2. The van der Waals surface area contributed by atoms with Crippen molar-refractivity contribution < 1.29 is 14.6 Å². The SMILES string of the molecule is CO[C@H]1CCC[C@H](Nc2ncc(C(N)=O)c(N[C@@H]3CCC[C@H](O)C3)n2)CC1. The number of amides is 1. The van der Waals surface area contributed by atoms with Crippen LogP contribution in [0.25, 0.3) is 0 Å². The maximum atomic E-state index is 11.8. The zero-order chi connectivity index (χ0) is 19.2. The van der Waals surface area contributed by atoms with Gasteiger partial charge in [-0.05, 0) is 57.8 Å². The van der Waals surface area contributed by atoms with Crippen molar-refractivity contribution in [1.82, 2.24) is 9.97 Å². The molecule has 0 saturated heterocycles. The van der Waals surface area contributed by atoms with E-state index in [-0.39, 0.29) is 23.8 Å². The van der Waals surface area contributed by atoms with Crippen LogP contribution in [0, 0.1) is 0 Å². The predicted octanol–water partition coefficient (Wildman–Crippen LogP) is 2.05. The smallest absolute Gasteiger partial charge is 0.254 e. The molecule has 2 aliphatic rings. The van der Waals surface area contributed by atoms with Gasteiger partial charge in [0.15, 0.2) is 0 Å². The van der Waals surface area contributed by atoms with Crippen molar-refractivity contribution in [1.29, 1.82) is 0 Å². The molecule has 1 heterocycles. The molecule has 2 aliphatic carbocycles. The first-order chi connectivity index (χ1) is 13.0. The van der Waals surface area contributed by atoms with Crippen LogP contribution in [0.1, 0.15) is 68.1 Å². The van der Waals surface area contributed by atoms with Gasteiger partial charge in [-0.1, -0.05) is 0 Å². The van der Waals surface area contributed by atoms with Crippen LogP contribution in [0.15, 0.2) is 6.20 Å². The number of aliphatic hydroxyl groups excluding tert-OH is 1. The summed E-state index contributed by atoms with van der Waals surface area (Å²) >= 11 is 0. The lowest BCUT2D eigenvalue weighted by Crippen LogP contribution is -2.31. The topological polar surface area (TPSA) is 122 Å². The van der Waals surface area contributed by atoms with Crippen molar-refractivity contribution in [3.05, 3.63) is 11.8 Å². The Bertz CT molecular complexity index is 642. The molecule has 0 radical (unpaired) electrons. The van der Waals surface area contributed by atoms with E-state index in [4.69, 9.17) is 10.5 Å². The number of aliphatic hydroxyl groups is 1. The van der Waals surface area contributed by atoms with Gasteiger partial charge in [0, 0.05) is 25.4 Å². The fourth-order valence-electron chi connectivity index (χ4n) is 4.06. The number of nitrogens with one attached hydrogen (secondary N) is 2. The number of hydrogen-bond donors (Lipinski definition) is 4. The van der Waals surface area contributed by atoms with Crippen LogP contribution in [0.3, 0.4) is 0 Å². The molecule has 0 aliphatic heterocycles. The third kappa shape index (κ3) is 5.52. The van der Waals surface area contributed by atoms with Crippen LogP contribution in [0.2, 0.25) is 0 Å². The van der Waals surface area contributed by atoms with E-state index in [9.17, 15) is 9.90 Å². The second kappa shape index (κ2) is 9.32. The van der Waals surface area contributed by atoms with Crippen molar-refractivity contribution in [3.8, 4) is 0 Å². The molecule has 2 saturated carbocycles. The Morgan fingerprint density at radius 2 is 1.93 bits per heavy atom. The van der Waals surface area contributed by atoms with Crippen LogP contribution in [-0.2, 0) is 4.74 Å². The quantitative estimate of drug-likeness (QED) is 0.560. The molecule has 1 aromatic heterocycles. The van der Waals surface area contributed by atoms with E-state index in [0.717, 1.165) is 51.4 Å². The standard InChI is InChI=1S/C19H31N5O3/c1-27-15-7-3-4-12(8-9-15)23-19-21-11-16(17(20)26)18(24-19)22-13-5-2-6-14(25)10-13/h11-15,25H,2-10H2,1H3,(H2,20,26)(H2,21,22,23,24)/t12-,13+,14-,15-/m0/s1. The Labute approximate surface area is 160 Å². The predicted molar refractivity (Wildman–Crippen MR) is 104 cm³/mol. The number of rotatable bonds is 6. The molecule has 0 aromatic carbocycles. The van der Waals surface area contributed by atoms with Crippen molar-refractivity contribution in [3.63, 3.8) is 0 Å². The molecule has 1 amide bonds. The third-order valence-electron chi connectivity index (χ3n) is 5.62. The first-order valence-electron chi connectivity index (χ1n) is 9.96. The van der Waals surface area contributed by atoms with E-state index in [1.165, 1.54) is 6.20 Å². The molecule has 8 heteroatoms. The molecule has 3 rings (SSSR count). The minimum atomic E-state index is -0.558. The number of aromatic nitrogens is 2. The summed E-state index contributed by atoms with van der Waals surface area (Å²) in [6, 6.07) is 0.365. The van der Waals surface area contributed by atoms with E-state index in [1.807, 2.05) is 0 Å². The van der Waals surface area contributed by atoms with Gasteiger partial charge in [-0.25, -0.2) is 4.98 Å². The first-order valence-corrected chi connectivity index (χ1v) is 9.96. The normalized spacial score (nSPS) is 29.0. The summed E-state index contributed by atoms with van der Waals surface area (Å²) in [7, 11) is 1.77. The van der Waals surface area contributed by atoms with Crippen LogP contribution in [-0.4, -0.2) is 52.4 Å². The second-order valence-corrected chi connectivity index (χ2v) is 7.69. The molecule has 0 bridgehead atoms. The highest BCUT2D eigenvalue weighted by Crippen LogP contribution is 2.25. The van der Waals surface area contributed by atoms with Crippen LogP contribution < -0.4 is 16.4 Å². The van der Waals surface area contributed by atoms with E-state index < -0.39 is 5.91 Å². The third-order valence-corrected chi connectivity index (χ3v) is 5.62. The van der Waals surface area contributed by atoms with Crippen molar-refractivity contribution in [2.24, 2.45) is 5.73 Å². The summed E-state index contributed by atoms with van der Waals surface area (Å²) in [4.78, 5) is 20.6. The van der Waals surface area contributed by atoms with Gasteiger partial charge in [0.05, 0.1) is 17.8 Å². The number of carbonyl (C=O) groups excluding carboxylic acids is 1. The van der Waals surface area contributed by atoms with E-state index in [2.05, 4.69) is 20.6 Å². The average Bonchev–Trinajstić information content (AvgIpc) is 2.87. The zero-order valence-corrected chi connectivity index (χ0v) is 16.0. The summed E-state index contributed by atoms with van der Waals surface area (Å²) in [6.45, 7) is 0. The average molecular weight is 377 g/mol. The molecule has 2 fully saturated rings. The Kier molecular flexibility index (Phi) is 6.84. The molecule has 5 N–H and O–H groups in total. The summed E-state index contributed by atoms with van der Waals surface area (Å²) in [5.74, 6) is 0.389. The summed E-state index contributed by atoms with van der Waals surface area (Å²) in [5, 5.41) is 16.6. The zero-order valence-electron chi connectivity index (χ0n) is 16.0. The Morgan fingerprint density at radius 3 is 2.67 bits per heavy atom. The van der Waals surface area contributed by atoms with Crippen LogP contribution >= 0.6 is 0 Å². The van der Waals surface area contributed by atoms with Gasteiger partial charge in [-0.15, -0.1) is 0 Å². The molecule has 150 valence electrons. The van der Waals surface area contributed by atoms with Crippen molar-refractivity contribution >= 4 is 17.7 Å². The van der Waals surface area contributed by atoms with Crippen molar-refractivity contribution in [2.45, 2.75) is 82.1 Å². The Balaban J connectivity index is 1.70. The van der Waals surface area contributed by atoms with Crippen molar-refractivity contribution in [2.75, 3.05) is 17.7 Å². The minimum absolute atomic E-state index is 0.0786. The van der Waals surface area contributed by atoms with Crippen LogP contribution in [0.4, 0.5) is 11.8 Å². The summed E-state index contributed by atoms with van der Waals surface area (Å²) in [5.41, 5.74) is 5.77. The van der Waals surface area contributed by atoms with E-state index in [0.29, 0.717) is 24.3 Å². The number of anilines is 2. The first kappa shape index (κ1) is 19.8. The number of methoxy groups -OCH3 is 1. The lowest BCUT2D eigenvalue weighted by atomic mass is 9.93. The van der Waals surface area contributed by atoms with Gasteiger partial charge < -0.3 is 26.2 Å². The Hall–Kier alpha value is -1.93. The highest BCUT2D eigenvalue weighted by molar-refractivity contribution is 5.97. The van der Waals surface area contributed by atoms with Crippen LogP contribution in [0.5, 0.6) is 0 Å². The number of hydrogen-bond acceptors (Lipinski definition) is 7. The van der Waals surface area contributed by atoms with Gasteiger partial charge in [0.1, 0.15) is 5.82 Å². The summed E-state index contributed by atoms with van der Waals surface area (Å²) < 4.78 is 5.48. The van der Waals surface area contributed by atoms with Gasteiger partial charge in [-0.2, -0.15) is 4.98 Å². The van der Waals surface area contributed by atoms with E-state index in [1.54, 1.807) is 7.11 Å². The fourth-order valence-corrected chi connectivity index (χ4v) is 4.06. The fraction of sp³-hybridized carbons (Fsp3) is 0.737. The maximum absolute atomic E-state index is 11.8. The monoisotopic (exact) mass is 377 g/mol. The second-order valence-electron chi connectivity index (χ2n) is 7.69. The number of carbonyl (C=O) groups is 1. The molecule has 1 aromatic rings. The highest BCUT2D eigenvalue weighted by Gasteiger charge is 2.23. The lowest BCUT2D eigenvalue weighted by molar-refractivity contribution is 0.0898. The molecule has 8 nitrogen and oxygen atoms in total. The molecule has 27 heavy (non-hydrogen) atoms. The number of nitrogens with two attached hydrogens (primary N) is 1. The minimum Gasteiger partial charge on any atom is -0.393 e. The number of primary amides is 1. The molecular formula is C19H31N5O3. The molecule has 0 spiro atoms. The van der Waals surface area contributed by atoms with Gasteiger partial charge in [-0.3, -0.25) is 4.79 Å². The summed E-state index contributed by atoms with van der Waals surface area (Å²) in [6.07, 6.45) is 10.1. The maximum Gasteiger partial charge on any atom is 0.254 e. The molecule has 0 unspecified atom stereocenters. The largest absolute Gasteiger partial charge is 0.393 e. The van der Waals surface area contributed by atoms with Gasteiger partial charge in [0.25, 0.3) is 5.91 Å². The van der Waals surface area contributed by atoms with E-state index >= 15 is 0 Å². The molecular weight excluding hydrogens is 346 g/mol. The molecule has 4 atom stereocenters. The number of ether oxygens (including phenoxy) is 1. The Morgan fingerprint density at radius 1 is 1.15 bits per heavy atom.